The predicted octanol–water partition coefficient (Wildman–Crippen LogP) is 4.42. The van der Waals surface area contributed by atoms with Gasteiger partial charge < -0.3 is 0 Å². The molecule has 0 heterocycles. The normalized spacial score (nSPS) is 12.0. The minimum Gasteiger partial charge on any atom is -0.131 e. The second kappa shape index (κ2) is 4.49. The van der Waals surface area contributed by atoms with Gasteiger partial charge in [0.1, 0.15) is 0 Å². The van der Waals surface area contributed by atoms with Gasteiger partial charge >= 0.3 is 0 Å². The lowest BCUT2D eigenvalue weighted by Crippen LogP contribution is -2.16. The lowest BCUT2D eigenvalue weighted by molar-refractivity contribution is 0.700. The summed E-state index contributed by atoms with van der Waals surface area (Å²) in [6.07, 6.45) is 1.14. The number of hydrogen-bond donors (Lipinski definition) is 0. The average Bonchev–Trinajstić information content (AvgIpc) is 2.17. The molecule has 0 radical (unpaired) electrons. The lowest BCUT2D eigenvalue weighted by atomic mass is 9.86. The molecule has 1 aromatic rings. The average molecular weight is 236 g/mol. The topological polar surface area (TPSA) is 0 Å². The second-order valence-electron chi connectivity index (χ2n) is 5.77. The van der Waals surface area contributed by atoms with Crippen LogP contribution in [0.3, 0.4) is 0 Å². The van der Waals surface area contributed by atoms with E-state index in [9.17, 15) is 0 Å². The summed E-state index contributed by atoms with van der Waals surface area (Å²) in [5.41, 5.74) is 8.90. The Morgan fingerprint density at radius 1 is 0.750 bits per heavy atom. The van der Waals surface area contributed by atoms with E-state index in [2.05, 4.69) is 57.7 Å². The monoisotopic (exact) mass is 236 g/mol. The zero-order valence-corrected chi connectivity index (χ0v) is 12.9. The van der Waals surface area contributed by atoms with Gasteiger partial charge in [-0.2, -0.15) is 0 Å². The van der Waals surface area contributed by atoms with E-state index in [1.165, 1.54) is 27.8 Å². The zero-order valence-electron chi connectivity index (χ0n) is 11.8. The van der Waals surface area contributed by atoms with E-state index in [1.807, 2.05) is 0 Å². The smallest absolute Gasteiger partial charge is 0.0166 e. The Labute approximate surface area is 103 Å². The number of benzene rings is 1. The first-order valence-electron chi connectivity index (χ1n) is 6.00. The molecule has 0 saturated carbocycles. The van der Waals surface area contributed by atoms with Gasteiger partial charge in [-0.25, -0.2) is 0 Å². The summed E-state index contributed by atoms with van der Waals surface area (Å²) in [5, 5.41) is 0.281. The molecule has 1 atom stereocenters. The summed E-state index contributed by atoms with van der Waals surface area (Å²) in [7, 11) is 2.95. The summed E-state index contributed by atoms with van der Waals surface area (Å²) < 4.78 is 0. The fraction of sp³-hybridized carbons (Fsp3) is 0.600. The molecule has 1 heteroatoms. The number of rotatable bonds is 2. The van der Waals surface area contributed by atoms with E-state index in [1.54, 1.807) is 5.56 Å². The van der Waals surface area contributed by atoms with Crippen LogP contribution in [0.2, 0.25) is 0 Å². The standard InChI is InChI=1S/C15H25P/c1-9-10(2)12(4)14(8-15(6,7)16)13(5)11(9)3/h8,16H2,1-7H3. The van der Waals surface area contributed by atoms with E-state index in [0.717, 1.165) is 6.42 Å². The SMILES string of the molecule is Cc1c(C)c(C)c(CC(C)(C)P)c(C)c1C. The predicted molar refractivity (Wildman–Crippen MR) is 77.6 cm³/mol. The molecule has 0 bridgehead atoms. The molecule has 0 aromatic heterocycles. The van der Waals surface area contributed by atoms with Gasteiger partial charge in [0.25, 0.3) is 0 Å². The van der Waals surface area contributed by atoms with Crippen LogP contribution in [0.1, 0.15) is 47.2 Å². The van der Waals surface area contributed by atoms with Gasteiger partial charge in [0, 0.05) is 0 Å². The molecule has 0 aliphatic heterocycles. The Balaban J connectivity index is 3.40. The maximum absolute atomic E-state index is 2.95. The van der Waals surface area contributed by atoms with Crippen LogP contribution in [0.15, 0.2) is 0 Å². The maximum Gasteiger partial charge on any atom is -0.0166 e. The third-order valence-electron chi connectivity index (χ3n) is 3.79. The first-order valence-corrected chi connectivity index (χ1v) is 6.57. The Bertz CT molecular complexity index is 379. The fourth-order valence-electron chi connectivity index (χ4n) is 2.30. The molecule has 1 unspecified atom stereocenters. The van der Waals surface area contributed by atoms with Crippen molar-refractivity contribution in [2.75, 3.05) is 0 Å². The molecule has 16 heavy (non-hydrogen) atoms. The summed E-state index contributed by atoms with van der Waals surface area (Å²) >= 11 is 0. The largest absolute Gasteiger partial charge is 0.131 e. The van der Waals surface area contributed by atoms with Crippen LogP contribution in [0.5, 0.6) is 0 Å². The van der Waals surface area contributed by atoms with Crippen molar-refractivity contribution in [2.24, 2.45) is 0 Å². The highest BCUT2D eigenvalue weighted by atomic mass is 31.0. The minimum absolute atomic E-state index is 0.281. The zero-order chi connectivity index (χ0) is 12.7. The van der Waals surface area contributed by atoms with Crippen LogP contribution < -0.4 is 0 Å². The molecule has 0 aliphatic carbocycles. The van der Waals surface area contributed by atoms with Gasteiger partial charge in [-0.05, 0) is 79.6 Å². The van der Waals surface area contributed by atoms with Gasteiger partial charge in [0.2, 0.25) is 0 Å². The lowest BCUT2D eigenvalue weighted by Gasteiger charge is -2.24. The van der Waals surface area contributed by atoms with E-state index >= 15 is 0 Å². The first kappa shape index (κ1) is 13.7. The molecule has 0 aliphatic rings. The van der Waals surface area contributed by atoms with E-state index in [0.29, 0.717) is 0 Å². The van der Waals surface area contributed by atoms with Crippen molar-refractivity contribution in [1.29, 1.82) is 0 Å². The van der Waals surface area contributed by atoms with Gasteiger partial charge in [-0.1, -0.05) is 13.8 Å². The molecule has 0 spiro atoms. The Hall–Kier alpha value is -0.350. The van der Waals surface area contributed by atoms with Crippen LogP contribution in [0.4, 0.5) is 0 Å². The molecule has 0 nitrogen and oxygen atoms in total. The summed E-state index contributed by atoms with van der Waals surface area (Å²) in [6.45, 7) is 15.8. The second-order valence-corrected chi connectivity index (χ2v) is 7.33. The molecule has 0 N–H and O–H groups in total. The highest BCUT2D eigenvalue weighted by molar-refractivity contribution is 7.18. The summed E-state index contributed by atoms with van der Waals surface area (Å²) in [5.74, 6) is 0. The van der Waals surface area contributed by atoms with Crippen molar-refractivity contribution >= 4 is 9.24 Å². The van der Waals surface area contributed by atoms with Crippen LogP contribution >= 0.6 is 9.24 Å². The van der Waals surface area contributed by atoms with Crippen molar-refractivity contribution in [1.82, 2.24) is 0 Å². The molecule has 0 fully saturated rings. The van der Waals surface area contributed by atoms with Crippen LogP contribution in [-0.4, -0.2) is 5.16 Å². The van der Waals surface area contributed by atoms with E-state index < -0.39 is 0 Å². The Morgan fingerprint density at radius 3 is 1.38 bits per heavy atom. The quantitative estimate of drug-likeness (QED) is 0.667. The van der Waals surface area contributed by atoms with E-state index in [-0.39, 0.29) is 5.16 Å². The molecular weight excluding hydrogens is 211 g/mol. The molecular formula is C15H25P. The van der Waals surface area contributed by atoms with Crippen LogP contribution in [0, 0.1) is 34.6 Å². The number of hydrogen-bond acceptors (Lipinski definition) is 0. The first-order chi connectivity index (χ1) is 7.15. The van der Waals surface area contributed by atoms with Crippen molar-refractivity contribution < 1.29 is 0 Å². The molecule has 0 saturated heterocycles. The van der Waals surface area contributed by atoms with Crippen molar-refractivity contribution in [3.05, 3.63) is 33.4 Å². The van der Waals surface area contributed by atoms with Crippen molar-refractivity contribution in [3.63, 3.8) is 0 Å². The fourth-order valence-corrected chi connectivity index (χ4v) is 2.50. The van der Waals surface area contributed by atoms with Gasteiger partial charge in [-0.3, -0.25) is 0 Å². The van der Waals surface area contributed by atoms with Gasteiger partial charge in [-0.15, -0.1) is 9.24 Å². The summed E-state index contributed by atoms with van der Waals surface area (Å²) in [6, 6.07) is 0. The van der Waals surface area contributed by atoms with Crippen LogP contribution in [-0.2, 0) is 6.42 Å². The molecule has 90 valence electrons. The Morgan fingerprint density at radius 2 is 1.06 bits per heavy atom. The van der Waals surface area contributed by atoms with Crippen LogP contribution in [0.25, 0.3) is 0 Å². The van der Waals surface area contributed by atoms with Gasteiger partial charge in [0.05, 0.1) is 0 Å². The van der Waals surface area contributed by atoms with E-state index in [4.69, 9.17) is 0 Å². The highest BCUT2D eigenvalue weighted by Crippen LogP contribution is 2.31. The van der Waals surface area contributed by atoms with Gasteiger partial charge in [0.15, 0.2) is 0 Å². The highest BCUT2D eigenvalue weighted by Gasteiger charge is 2.18. The van der Waals surface area contributed by atoms with Crippen molar-refractivity contribution in [3.8, 4) is 0 Å². The third-order valence-corrected chi connectivity index (χ3v) is 3.99. The molecule has 1 rings (SSSR count). The minimum atomic E-state index is 0.281. The molecule has 0 amide bonds. The summed E-state index contributed by atoms with van der Waals surface area (Å²) in [4.78, 5) is 0. The Kier molecular flexibility index (Phi) is 3.85. The molecule has 1 aromatic carbocycles. The third kappa shape index (κ3) is 2.66. The maximum atomic E-state index is 2.95. The van der Waals surface area contributed by atoms with Crippen molar-refractivity contribution in [2.45, 2.75) is 60.0 Å².